The minimum absolute atomic E-state index is 0.00816. The number of nitrogens with zero attached hydrogens (tertiary/aromatic N) is 2. The van der Waals surface area contributed by atoms with Gasteiger partial charge in [0.15, 0.2) is 0 Å². The van der Waals surface area contributed by atoms with E-state index < -0.39 is 29.1 Å². The Balaban J connectivity index is 1.73. The highest BCUT2D eigenvalue weighted by Crippen LogP contribution is 2.39. The second-order valence-corrected chi connectivity index (χ2v) is 7.27. The zero-order valence-corrected chi connectivity index (χ0v) is 17.6. The van der Waals surface area contributed by atoms with Crippen molar-refractivity contribution >= 4 is 5.97 Å². The van der Waals surface area contributed by atoms with E-state index in [0.29, 0.717) is 16.7 Å². The lowest BCUT2D eigenvalue weighted by atomic mass is 9.94. The molecule has 3 aromatic carbocycles. The summed E-state index contributed by atoms with van der Waals surface area (Å²) >= 11 is 0. The standard InChI is InChI=1S/C24H16F4N2O4/c1-33-12-15-10-14(7-8-16(15)17-4-2-3-5-19(17)24(26,27)28)22-29-21(30-34-22)13-6-9-18(23(31)32)20(25)11-13/h2-11H,12H2,1H3,(H,31,32). The molecule has 6 nitrogen and oxygen atoms in total. The van der Waals surface area contributed by atoms with Crippen molar-refractivity contribution in [1.82, 2.24) is 10.1 Å². The van der Waals surface area contributed by atoms with Crippen LogP contribution in [0.4, 0.5) is 17.6 Å². The second kappa shape index (κ2) is 9.06. The normalized spacial score (nSPS) is 11.6. The first-order valence-corrected chi connectivity index (χ1v) is 9.85. The van der Waals surface area contributed by atoms with Gasteiger partial charge in [0.1, 0.15) is 5.82 Å². The van der Waals surface area contributed by atoms with Crippen LogP contribution in [0.15, 0.2) is 65.2 Å². The van der Waals surface area contributed by atoms with Gasteiger partial charge >= 0.3 is 12.1 Å². The number of hydrogen-bond acceptors (Lipinski definition) is 5. The number of aromatic nitrogens is 2. The molecule has 4 rings (SSSR count). The highest BCUT2D eigenvalue weighted by Gasteiger charge is 2.33. The molecule has 4 aromatic rings. The van der Waals surface area contributed by atoms with Crippen LogP contribution in [0.5, 0.6) is 0 Å². The van der Waals surface area contributed by atoms with Crippen LogP contribution >= 0.6 is 0 Å². The van der Waals surface area contributed by atoms with Gasteiger partial charge in [0.05, 0.1) is 17.7 Å². The summed E-state index contributed by atoms with van der Waals surface area (Å²) in [5.41, 5.74) is 0.164. The molecule has 0 saturated heterocycles. The molecule has 0 amide bonds. The Hall–Kier alpha value is -4.05. The molecule has 0 atom stereocenters. The molecule has 0 aliphatic heterocycles. The number of carbonyl (C=O) groups is 1. The Kier molecular flexibility index (Phi) is 6.16. The molecular weight excluding hydrogens is 456 g/mol. The van der Waals surface area contributed by atoms with Gasteiger partial charge in [0.2, 0.25) is 5.82 Å². The van der Waals surface area contributed by atoms with Crippen molar-refractivity contribution in [3.05, 3.63) is 83.2 Å². The third kappa shape index (κ3) is 4.53. The summed E-state index contributed by atoms with van der Waals surface area (Å²) in [5, 5.41) is 12.8. The molecule has 10 heteroatoms. The summed E-state index contributed by atoms with van der Waals surface area (Å²) in [5.74, 6) is -2.29. The third-order valence-electron chi connectivity index (χ3n) is 5.06. The minimum Gasteiger partial charge on any atom is -0.478 e. The van der Waals surface area contributed by atoms with E-state index in [0.717, 1.165) is 18.2 Å². The fourth-order valence-corrected chi connectivity index (χ4v) is 3.52. The number of benzene rings is 3. The summed E-state index contributed by atoms with van der Waals surface area (Å²) in [4.78, 5) is 15.2. The van der Waals surface area contributed by atoms with Crippen LogP contribution in [0.2, 0.25) is 0 Å². The number of carboxylic acid groups (broad SMARTS) is 1. The fourth-order valence-electron chi connectivity index (χ4n) is 3.52. The van der Waals surface area contributed by atoms with Crippen LogP contribution in [0, 0.1) is 5.82 Å². The van der Waals surface area contributed by atoms with Gasteiger partial charge in [-0.25, -0.2) is 9.18 Å². The lowest BCUT2D eigenvalue weighted by molar-refractivity contribution is -0.137. The zero-order chi connectivity index (χ0) is 24.5. The van der Waals surface area contributed by atoms with Crippen molar-refractivity contribution in [2.24, 2.45) is 0 Å². The van der Waals surface area contributed by atoms with Crippen LogP contribution in [0.1, 0.15) is 21.5 Å². The number of methoxy groups -OCH3 is 1. The van der Waals surface area contributed by atoms with Crippen molar-refractivity contribution in [3.8, 4) is 34.0 Å². The van der Waals surface area contributed by atoms with E-state index in [1.165, 1.54) is 43.5 Å². The molecule has 1 heterocycles. The predicted octanol–water partition coefficient (Wildman–Crippen LogP) is 6.07. The summed E-state index contributed by atoms with van der Waals surface area (Å²) < 4.78 is 65.1. The van der Waals surface area contributed by atoms with E-state index in [9.17, 15) is 22.4 Å². The Bertz CT molecular complexity index is 1370. The first-order valence-electron chi connectivity index (χ1n) is 9.85. The SMILES string of the molecule is COCc1cc(-c2nc(-c3ccc(C(=O)O)c(F)c3)no2)ccc1-c1ccccc1C(F)(F)F. The van der Waals surface area contributed by atoms with E-state index in [1.807, 2.05) is 0 Å². The molecule has 0 bridgehead atoms. The van der Waals surface area contributed by atoms with Crippen LogP contribution < -0.4 is 0 Å². The van der Waals surface area contributed by atoms with Crippen molar-refractivity contribution in [2.45, 2.75) is 12.8 Å². The molecule has 34 heavy (non-hydrogen) atoms. The van der Waals surface area contributed by atoms with Gasteiger partial charge in [-0.15, -0.1) is 0 Å². The topological polar surface area (TPSA) is 85.5 Å². The number of alkyl halides is 3. The molecule has 0 fully saturated rings. The lowest BCUT2D eigenvalue weighted by Crippen LogP contribution is -2.07. The van der Waals surface area contributed by atoms with Crippen LogP contribution in [0.25, 0.3) is 34.0 Å². The average molecular weight is 472 g/mol. The van der Waals surface area contributed by atoms with Gasteiger partial charge < -0.3 is 14.4 Å². The quantitative estimate of drug-likeness (QED) is 0.343. The van der Waals surface area contributed by atoms with Crippen molar-refractivity contribution in [1.29, 1.82) is 0 Å². The number of ether oxygens (including phenoxy) is 1. The zero-order valence-electron chi connectivity index (χ0n) is 17.6. The van der Waals surface area contributed by atoms with Gasteiger partial charge in [-0.1, -0.05) is 29.4 Å². The highest BCUT2D eigenvalue weighted by atomic mass is 19.4. The molecule has 174 valence electrons. The monoisotopic (exact) mass is 472 g/mol. The largest absolute Gasteiger partial charge is 0.478 e. The molecule has 1 N–H and O–H groups in total. The Labute approximate surface area is 190 Å². The molecule has 0 spiro atoms. The van der Waals surface area contributed by atoms with Gasteiger partial charge in [-0.2, -0.15) is 18.2 Å². The van der Waals surface area contributed by atoms with Crippen molar-refractivity contribution in [3.63, 3.8) is 0 Å². The first kappa shape index (κ1) is 23.1. The van der Waals surface area contributed by atoms with Crippen molar-refractivity contribution < 1.29 is 36.7 Å². The Morgan fingerprint density at radius 3 is 2.44 bits per heavy atom. The number of hydrogen-bond donors (Lipinski definition) is 1. The number of halogens is 4. The molecular formula is C24H16F4N2O4. The van der Waals surface area contributed by atoms with Gasteiger partial charge in [0, 0.05) is 18.2 Å². The van der Waals surface area contributed by atoms with Crippen molar-refractivity contribution in [2.75, 3.05) is 7.11 Å². The van der Waals surface area contributed by atoms with Gasteiger partial charge in [-0.05, 0) is 53.1 Å². The summed E-state index contributed by atoms with van der Waals surface area (Å²) in [7, 11) is 1.42. The smallest absolute Gasteiger partial charge is 0.417 e. The van der Waals surface area contributed by atoms with Gasteiger partial charge in [-0.3, -0.25) is 0 Å². The summed E-state index contributed by atoms with van der Waals surface area (Å²) in [6.07, 6.45) is -4.54. The van der Waals surface area contributed by atoms with Crippen LogP contribution in [-0.4, -0.2) is 28.3 Å². The summed E-state index contributed by atoms with van der Waals surface area (Å²) in [6, 6.07) is 13.3. The lowest BCUT2D eigenvalue weighted by Gasteiger charge is -2.16. The second-order valence-electron chi connectivity index (χ2n) is 7.27. The number of carboxylic acids is 1. The molecule has 0 aliphatic carbocycles. The molecule has 1 aromatic heterocycles. The van der Waals surface area contributed by atoms with E-state index in [2.05, 4.69) is 10.1 Å². The maximum absolute atomic E-state index is 14.0. The number of rotatable bonds is 6. The first-order chi connectivity index (χ1) is 16.2. The molecule has 0 radical (unpaired) electrons. The van der Waals surface area contributed by atoms with E-state index in [-0.39, 0.29) is 29.4 Å². The number of aromatic carboxylic acids is 1. The Morgan fingerprint density at radius 1 is 1.03 bits per heavy atom. The third-order valence-corrected chi connectivity index (χ3v) is 5.06. The predicted molar refractivity (Wildman–Crippen MR) is 113 cm³/mol. The fraction of sp³-hybridized carbons (Fsp3) is 0.125. The maximum atomic E-state index is 14.0. The van der Waals surface area contributed by atoms with Gasteiger partial charge in [0.25, 0.3) is 5.89 Å². The molecule has 0 saturated carbocycles. The van der Waals surface area contributed by atoms with E-state index >= 15 is 0 Å². The van der Waals surface area contributed by atoms with E-state index in [4.69, 9.17) is 14.4 Å². The maximum Gasteiger partial charge on any atom is 0.417 e. The summed E-state index contributed by atoms with van der Waals surface area (Å²) in [6.45, 7) is 0.0260. The molecule has 0 aliphatic rings. The molecule has 0 unspecified atom stereocenters. The Morgan fingerprint density at radius 2 is 1.76 bits per heavy atom. The average Bonchev–Trinajstić information content (AvgIpc) is 3.29. The minimum atomic E-state index is -4.54. The van der Waals surface area contributed by atoms with Crippen LogP contribution in [-0.2, 0) is 17.5 Å². The highest BCUT2D eigenvalue weighted by molar-refractivity contribution is 5.88. The van der Waals surface area contributed by atoms with E-state index in [1.54, 1.807) is 6.07 Å². The van der Waals surface area contributed by atoms with Crippen LogP contribution in [0.3, 0.4) is 0 Å².